The van der Waals surface area contributed by atoms with Gasteiger partial charge in [-0.25, -0.2) is 0 Å². The third-order valence-corrected chi connectivity index (χ3v) is 3.30. The van der Waals surface area contributed by atoms with Crippen molar-refractivity contribution >= 4 is 12.1 Å². The highest BCUT2D eigenvalue weighted by Crippen LogP contribution is 2.06. The molecule has 0 saturated carbocycles. The second kappa shape index (κ2) is 7.36. The van der Waals surface area contributed by atoms with E-state index in [0.717, 1.165) is 17.4 Å². The molecule has 0 aliphatic rings. The number of carbonyl (C=O) groups excluding carboxylic acids is 1. The first-order chi connectivity index (χ1) is 10.2. The molecule has 4 N–H and O–H groups in total. The molecule has 2 aromatic carbocycles. The lowest BCUT2D eigenvalue weighted by Gasteiger charge is -2.13. The van der Waals surface area contributed by atoms with Gasteiger partial charge in [-0.15, -0.1) is 0 Å². The summed E-state index contributed by atoms with van der Waals surface area (Å²) in [5, 5.41) is 10.6. The molecule has 0 amide bonds. The minimum Gasteiger partial charge on any atom is -0.384 e. The zero-order valence-corrected chi connectivity index (χ0v) is 11.8. The summed E-state index contributed by atoms with van der Waals surface area (Å²) in [5.41, 5.74) is 8.31. The van der Waals surface area contributed by atoms with Gasteiger partial charge in [-0.3, -0.25) is 5.41 Å². The molecule has 0 bridgehead atoms. The van der Waals surface area contributed by atoms with Crippen molar-refractivity contribution in [3.63, 3.8) is 0 Å². The number of benzene rings is 2. The number of amidine groups is 1. The van der Waals surface area contributed by atoms with Crippen LogP contribution in [0.15, 0.2) is 54.6 Å². The lowest BCUT2D eigenvalue weighted by molar-refractivity contribution is -0.109. The van der Waals surface area contributed by atoms with E-state index in [-0.39, 0.29) is 11.9 Å². The monoisotopic (exact) mass is 281 g/mol. The molecule has 0 heterocycles. The quantitative estimate of drug-likeness (QED) is 0.412. The van der Waals surface area contributed by atoms with Gasteiger partial charge in [0.1, 0.15) is 12.1 Å². The second-order valence-electron chi connectivity index (χ2n) is 4.92. The van der Waals surface area contributed by atoms with Crippen LogP contribution in [-0.4, -0.2) is 18.2 Å². The Morgan fingerprint density at radius 2 is 1.76 bits per heavy atom. The van der Waals surface area contributed by atoms with Gasteiger partial charge in [-0.05, 0) is 17.5 Å². The number of nitrogens with one attached hydrogen (secondary N) is 2. The van der Waals surface area contributed by atoms with Crippen LogP contribution in [0.4, 0.5) is 0 Å². The van der Waals surface area contributed by atoms with E-state index >= 15 is 0 Å². The van der Waals surface area contributed by atoms with Gasteiger partial charge in [0.2, 0.25) is 0 Å². The summed E-state index contributed by atoms with van der Waals surface area (Å²) in [6.45, 7) is 0.606. The zero-order chi connectivity index (χ0) is 15.1. The van der Waals surface area contributed by atoms with Gasteiger partial charge in [0.05, 0.1) is 6.04 Å². The van der Waals surface area contributed by atoms with Crippen molar-refractivity contribution in [2.75, 3.05) is 0 Å². The van der Waals surface area contributed by atoms with E-state index in [9.17, 15) is 4.79 Å². The number of nitrogen functional groups attached to an aromatic ring is 1. The van der Waals surface area contributed by atoms with Gasteiger partial charge < -0.3 is 15.8 Å². The Bertz CT molecular complexity index is 593. The lowest BCUT2D eigenvalue weighted by atomic mass is 10.1. The lowest BCUT2D eigenvalue weighted by Crippen LogP contribution is -2.32. The fourth-order valence-electron chi connectivity index (χ4n) is 2.09. The highest BCUT2D eigenvalue weighted by molar-refractivity contribution is 5.94. The minimum atomic E-state index is -0.208. The molecule has 0 unspecified atom stereocenters. The number of hydrogen-bond acceptors (Lipinski definition) is 3. The fourth-order valence-corrected chi connectivity index (χ4v) is 2.09. The molecule has 21 heavy (non-hydrogen) atoms. The van der Waals surface area contributed by atoms with Gasteiger partial charge in [0.15, 0.2) is 0 Å². The summed E-state index contributed by atoms with van der Waals surface area (Å²) in [6.07, 6.45) is 1.62. The first-order valence-electron chi connectivity index (χ1n) is 6.85. The molecular weight excluding hydrogens is 262 g/mol. The Morgan fingerprint density at radius 3 is 2.33 bits per heavy atom. The molecule has 2 rings (SSSR count). The van der Waals surface area contributed by atoms with Gasteiger partial charge in [0, 0.05) is 12.1 Å². The topological polar surface area (TPSA) is 79.0 Å². The van der Waals surface area contributed by atoms with Gasteiger partial charge in [-0.2, -0.15) is 0 Å². The van der Waals surface area contributed by atoms with Crippen molar-refractivity contribution in [1.82, 2.24) is 5.32 Å². The van der Waals surface area contributed by atoms with Crippen LogP contribution in [-0.2, 0) is 17.8 Å². The molecular formula is C17H19N3O. The third-order valence-electron chi connectivity index (χ3n) is 3.30. The molecule has 0 aliphatic heterocycles. The summed E-state index contributed by atoms with van der Waals surface area (Å²) < 4.78 is 0. The molecule has 2 aromatic rings. The van der Waals surface area contributed by atoms with Crippen LogP contribution in [0.5, 0.6) is 0 Å². The predicted molar refractivity (Wildman–Crippen MR) is 84.3 cm³/mol. The van der Waals surface area contributed by atoms with E-state index in [1.54, 1.807) is 0 Å². The number of rotatable bonds is 7. The van der Waals surface area contributed by atoms with Gasteiger partial charge in [-0.1, -0.05) is 54.6 Å². The third kappa shape index (κ3) is 4.54. The van der Waals surface area contributed by atoms with Crippen molar-refractivity contribution in [1.29, 1.82) is 5.41 Å². The maximum absolute atomic E-state index is 11.2. The Balaban J connectivity index is 1.91. The Labute approximate surface area is 124 Å². The molecule has 1 atom stereocenters. The van der Waals surface area contributed by atoms with Crippen molar-refractivity contribution in [3.05, 3.63) is 71.3 Å². The van der Waals surface area contributed by atoms with E-state index in [1.165, 1.54) is 0 Å². The minimum absolute atomic E-state index is 0.0596. The molecule has 4 heteroatoms. The molecule has 4 nitrogen and oxygen atoms in total. The summed E-state index contributed by atoms with van der Waals surface area (Å²) in [7, 11) is 0. The zero-order valence-electron chi connectivity index (χ0n) is 11.8. The molecule has 0 spiro atoms. The smallest absolute Gasteiger partial charge is 0.137 e. The molecule has 0 radical (unpaired) electrons. The van der Waals surface area contributed by atoms with E-state index in [0.29, 0.717) is 18.5 Å². The van der Waals surface area contributed by atoms with Crippen LogP contribution in [0.1, 0.15) is 16.7 Å². The molecule has 108 valence electrons. The van der Waals surface area contributed by atoms with E-state index in [1.807, 2.05) is 54.6 Å². The largest absolute Gasteiger partial charge is 0.384 e. The first kappa shape index (κ1) is 14.9. The van der Waals surface area contributed by atoms with Crippen molar-refractivity contribution in [2.24, 2.45) is 5.73 Å². The normalized spacial score (nSPS) is 11.8. The highest BCUT2D eigenvalue weighted by Gasteiger charge is 2.07. The SMILES string of the molecule is N=C(N)c1ccc(CN[C@@H](C=O)Cc2ccccc2)cc1. The van der Waals surface area contributed by atoms with Crippen LogP contribution in [0.2, 0.25) is 0 Å². The van der Waals surface area contributed by atoms with Crippen molar-refractivity contribution in [3.8, 4) is 0 Å². The second-order valence-corrected chi connectivity index (χ2v) is 4.92. The van der Waals surface area contributed by atoms with Gasteiger partial charge in [0.25, 0.3) is 0 Å². The summed E-state index contributed by atoms with van der Waals surface area (Å²) in [6, 6.07) is 17.2. The van der Waals surface area contributed by atoms with Crippen LogP contribution in [0.25, 0.3) is 0 Å². The number of nitrogens with two attached hydrogens (primary N) is 1. The molecule has 0 fully saturated rings. The van der Waals surface area contributed by atoms with Crippen LogP contribution in [0.3, 0.4) is 0 Å². The Morgan fingerprint density at radius 1 is 1.10 bits per heavy atom. The predicted octanol–water partition coefficient (Wildman–Crippen LogP) is 1.87. The maximum Gasteiger partial charge on any atom is 0.137 e. The average Bonchev–Trinajstić information content (AvgIpc) is 2.52. The van der Waals surface area contributed by atoms with Crippen LogP contribution >= 0.6 is 0 Å². The standard InChI is InChI=1S/C17H19N3O/c18-17(19)15-8-6-14(7-9-15)11-20-16(12-21)10-13-4-2-1-3-5-13/h1-9,12,16,20H,10-11H2,(H3,18,19)/t16-/m1/s1. The van der Waals surface area contributed by atoms with E-state index < -0.39 is 0 Å². The molecule has 0 aromatic heterocycles. The average molecular weight is 281 g/mol. The molecule has 0 saturated heterocycles. The Hall–Kier alpha value is -2.46. The van der Waals surface area contributed by atoms with E-state index in [4.69, 9.17) is 11.1 Å². The van der Waals surface area contributed by atoms with Gasteiger partial charge >= 0.3 is 0 Å². The molecule has 0 aliphatic carbocycles. The Kier molecular flexibility index (Phi) is 5.23. The van der Waals surface area contributed by atoms with Crippen molar-refractivity contribution in [2.45, 2.75) is 19.0 Å². The van der Waals surface area contributed by atoms with Crippen LogP contribution < -0.4 is 11.1 Å². The van der Waals surface area contributed by atoms with Crippen molar-refractivity contribution < 1.29 is 4.79 Å². The van der Waals surface area contributed by atoms with Crippen LogP contribution in [0, 0.1) is 5.41 Å². The first-order valence-corrected chi connectivity index (χ1v) is 6.85. The summed E-state index contributed by atoms with van der Waals surface area (Å²) in [4.78, 5) is 11.2. The number of carbonyl (C=O) groups is 1. The number of hydrogen-bond donors (Lipinski definition) is 3. The summed E-state index contributed by atoms with van der Waals surface area (Å²) in [5.74, 6) is 0.0596. The number of aldehydes is 1. The fraction of sp³-hybridized carbons (Fsp3) is 0.176. The van der Waals surface area contributed by atoms with E-state index in [2.05, 4.69) is 5.32 Å². The summed E-state index contributed by atoms with van der Waals surface area (Å²) >= 11 is 0. The maximum atomic E-state index is 11.2. The highest BCUT2D eigenvalue weighted by atomic mass is 16.1.